The zero-order chi connectivity index (χ0) is 15.1. The van der Waals surface area contributed by atoms with Crippen molar-refractivity contribution >= 4 is 15.9 Å². The van der Waals surface area contributed by atoms with E-state index in [2.05, 4.69) is 83.6 Å². The highest BCUT2D eigenvalue weighted by Crippen LogP contribution is 2.25. The minimum atomic E-state index is 0.429. The predicted molar refractivity (Wildman–Crippen MR) is 94.7 cm³/mol. The van der Waals surface area contributed by atoms with Gasteiger partial charge in [0.25, 0.3) is 0 Å². The molecule has 2 heteroatoms. The maximum Gasteiger partial charge on any atom is 0.0326 e. The molecular formula is C19H24BrN. The second-order valence-electron chi connectivity index (χ2n) is 5.53. The molecule has 1 nitrogen and oxygen atoms in total. The molecule has 0 aromatic heterocycles. The third-order valence-electron chi connectivity index (χ3n) is 3.81. The Morgan fingerprint density at radius 1 is 1.10 bits per heavy atom. The Morgan fingerprint density at radius 3 is 2.52 bits per heavy atom. The fourth-order valence-corrected chi connectivity index (χ4v) is 3.15. The molecule has 1 atom stereocenters. The SMILES string of the molecule is CCCNC(CCc1ccccc1)c1ccc(Br)cc1C. The molecule has 112 valence electrons. The molecule has 0 saturated carbocycles. The lowest BCUT2D eigenvalue weighted by Gasteiger charge is -2.21. The van der Waals surface area contributed by atoms with Crippen LogP contribution in [-0.2, 0) is 6.42 Å². The molecule has 0 aliphatic carbocycles. The van der Waals surface area contributed by atoms with Gasteiger partial charge in [-0.15, -0.1) is 0 Å². The summed E-state index contributed by atoms with van der Waals surface area (Å²) in [6, 6.07) is 17.8. The molecule has 0 fully saturated rings. The van der Waals surface area contributed by atoms with Crippen molar-refractivity contribution in [2.24, 2.45) is 0 Å². The lowest BCUT2D eigenvalue weighted by molar-refractivity contribution is 0.497. The molecule has 0 heterocycles. The Bertz CT molecular complexity index is 551. The number of hydrogen-bond acceptors (Lipinski definition) is 1. The zero-order valence-electron chi connectivity index (χ0n) is 12.9. The summed E-state index contributed by atoms with van der Waals surface area (Å²) in [6.07, 6.45) is 3.40. The quantitative estimate of drug-likeness (QED) is 0.705. The minimum Gasteiger partial charge on any atom is -0.310 e. The first-order valence-corrected chi connectivity index (χ1v) is 8.53. The molecule has 0 radical (unpaired) electrons. The summed E-state index contributed by atoms with van der Waals surface area (Å²) in [5, 5.41) is 3.70. The lowest BCUT2D eigenvalue weighted by atomic mass is 9.95. The summed E-state index contributed by atoms with van der Waals surface area (Å²) in [7, 11) is 0. The second-order valence-corrected chi connectivity index (χ2v) is 6.45. The standard InChI is InChI=1S/C19H24BrN/c1-3-13-21-19(12-9-16-7-5-4-6-8-16)18-11-10-17(20)14-15(18)2/h4-8,10-11,14,19,21H,3,9,12-13H2,1-2H3. The summed E-state index contributed by atoms with van der Waals surface area (Å²) < 4.78 is 1.15. The molecule has 0 bridgehead atoms. The first kappa shape index (κ1) is 16.3. The van der Waals surface area contributed by atoms with Crippen molar-refractivity contribution in [2.75, 3.05) is 6.54 Å². The van der Waals surface area contributed by atoms with Crippen molar-refractivity contribution in [3.63, 3.8) is 0 Å². The van der Waals surface area contributed by atoms with E-state index in [1.807, 2.05) is 0 Å². The first-order valence-electron chi connectivity index (χ1n) is 7.74. The van der Waals surface area contributed by atoms with E-state index in [-0.39, 0.29) is 0 Å². The lowest BCUT2D eigenvalue weighted by Crippen LogP contribution is -2.23. The van der Waals surface area contributed by atoms with Gasteiger partial charge in [0, 0.05) is 10.5 Å². The fraction of sp³-hybridized carbons (Fsp3) is 0.368. The highest BCUT2D eigenvalue weighted by Gasteiger charge is 2.13. The van der Waals surface area contributed by atoms with Crippen molar-refractivity contribution in [3.05, 3.63) is 69.7 Å². The van der Waals surface area contributed by atoms with Crippen molar-refractivity contribution < 1.29 is 0 Å². The number of aryl methyl sites for hydroxylation is 2. The van der Waals surface area contributed by atoms with Crippen LogP contribution in [0.25, 0.3) is 0 Å². The molecule has 2 aromatic carbocycles. The van der Waals surface area contributed by atoms with E-state index in [0.29, 0.717) is 6.04 Å². The van der Waals surface area contributed by atoms with Crippen LogP contribution in [0.5, 0.6) is 0 Å². The van der Waals surface area contributed by atoms with Gasteiger partial charge in [0.05, 0.1) is 0 Å². The third-order valence-corrected chi connectivity index (χ3v) is 4.31. The van der Waals surface area contributed by atoms with E-state index in [0.717, 1.165) is 30.3 Å². The monoisotopic (exact) mass is 345 g/mol. The van der Waals surface area contributed by atoms with E-state index >= 15 is 0 Å². The van der Waals surface area contributed by atoms with E-state index in [1.54, 1.807) is 0 Å². The van der Waals surface area contributed by atoms with Crippen LogP contribution in [0.4, 0.5) is 0 Å². The van der Waals surface area contributed by atoms with Gasteiger partial charge in [-0.1, -0.05) is 59.3 Å². The van der Waals surface area contributed by atoms with Crippen LogP contribution in [0.1, 0.15) is 42.5 Å². The van der Waals surface area contributed by atoms with Crippen LogP contribution < -0.4 is 5.32 Å². The Kier molecular flexibility index (Phi) is 6.47. The number of nitrogens with one attached hydrogen (secondary N) is 1. The van der Waals surface area contributed by atoms with Gasteiger partial charge < -0.3 is 5.32 Å². The Balaban J connectivity index is 2.10. The van der Waals surface area contributed by atoms with Gasteiger partial charge in [0.2, 0.25) is 0 Å². The third kappa shape index (κ3) is 4.98. The largest absolute Gasteiger partial charge is 0.310 e. The molecule has 0 saturated heterocycles. The van der Waals surface area contributed by atoms with Crippen molar-refractivity contribution in [3.8, 4) is 0 Å². The van der Waals surface area contributed by atoms with Crippen LogP contribution in [0.15, 0.2) is 53.0 Å². The highest BCUT2D eigenvalue weighted by atomic mass is 79.9. The smallest absolute Gasteiger partial charge is 0.0326 e. The minimum absolute atomic E-state index is 0.429. The molecule has 1 N–H and O–H groups in total. The molecule has 1 unspecified atom stereocenters. The summed E-state index contributed by atoms with van der Waals surface area (Å²) in [5.74, 6) is 0. The van der Waals surface area contributed by atoms with Gasteiger partial charge in [-0.3, -0.25) is 0 Å². The van der Waals surface area contributed by atoms with E-state index in [1.165, 1.54) is 16.7 Å². The Morgan fingerprint density at radius 2 is 1.86 bits per heavy atom. The topological polar surface area (TPSA) is 12.0 Å². The second kappa shape index (κ2) is 8.35. The molecule has 2 rings (SSSR count). The van der Waals surface area contributed by atoms with Gasteiger partial charge >= 0.3 is 0 Å². The van der Waals surface area contributed by atoms with Crippen LogP contribution >= 0.6 is 15.9 Å². The number of rotatable bonds is 7. The summed E-state index contributed by atoms with van der Waals surface area (Å²) in [4.78, 5) is 0. The Hall–Kier alpha value is -1.12. The van der Waals surface area contributed by atoms with Crippen LogP contribution in [0.3, 0.4) is 0 Å². The van der Waals surface area contributed by atoms with Crippen molar-refractivity contribution in [2.45, 2.75) is 39.2 Å². The summed E-state index contributed by atoms with van der Waals surface area (Å²) >= 11 is 3.55. The van der Waals surface area contributed by atoms with E-state index in [9.17, 15) is 0 Å². The van der Waals surface area contributed by atoms with Crippen LogP contribution in [0, 0.1) is 6.92 Å². The molecule has 0 aliphatic rings. The molecule has 0 aliphatic heterocycles. The number of hydrogen-bond donors (Lipinski definition) is 1. The molecule has 0 spiro atoms. The normalized spacial score (nSPS) is 12.3. The maximum absolute atomic E-state index is 3.70. The van der Waals surface area contributed by atoms with E-state index in [4.69, 9.17) is 0 Å². The van der Waals surface area contributed by atoms with Crippen LogP contribution in [-0.4, -0.2) is 6.54 Å². The van der Waals surface area contributed by atoms with Gasteiger partial charge in [-0.2, -0.15) is 0 Å². The molecule has 21 heavy (non-hydrogen) atoms. The van der Waals surface area contributed by atoms with Gasteiger partial charge in [0.1, 0.15) is 0 Å². The molecule has 2 aromatic rings. The Labute approximate surface area is 136 Å². The molecule has 0 amide bonds. The average Bonchev–Trinajstić information content (AvgIpc) is 2.49. The van der Waals surface area contributed by atoms with Gasteiger partial charge in [-0.05, 0) is 61.6 Å². The van der Waals surface area contributed by atoms with Crippen molar-refractivity contribution in [1.29, 1.82) is 0 Å². The van der Waals surface area contributed by atoms with Gasteiger partial charge in [0.15, 0.2) is 0 Å². The van der Waals surface area contributed by atoms with E-state index < -0.39 is 0 Å². The van der Waals surface area contributed by atoms with Crippen molar-refractivity contribution in [1.82, 2.24) is 5.32 Å². The maximum atomic E-state index is 3.70. The predicted octanol–water partition coefficient (Wildman–Crippen LogP) is 5.43. The van der Waals surface area contributed by atoms with Gasteiger partial charge in [-0.25, -0.2) is 0 Å². The van der Waals surface area contributed by atoms with Crippen LogP contribution in [0.2, 0.25) is 0 Å². The average molecular weight is 346 g/mol. The first-order chi connectivity index (χ1) is 10.2. The summed E-state index contributed by atoms with van der Waals surface area (Å²) in [6.45, 7) is 5.48. The highest BCUT2D eigenvalue weighted by molar-refractivity contribution is 9.10. The number of benzene rings is 2. The fourth-order valence-electron chi connectivity index (χ4n) is 2.67. The molecular weight excluding hydrogens is 322 g/mol. The summed E-state index contributed by atoms with van der Waals surface area (Å²) in [5.41, 5.74) is 4.18. The zero-order valence-corrected chi connectivity index (χ0v) is 14.5. The number of halogens is 1.